The van der Waals surface area contributed by atoms with E-state index in [-0.39, 0.29) is 16.3 Å². The highest BCUT2D eigenvalue weighted by atomic mass is 19.4. The number of benzene rings is 2. The van der Waals surface area contributed by atoms with Gasteiger partial charge in [-0.1, -0.05) is 26.0 Å². The van der Waals surface area contributed by atoms with Crippen LogP contribution in [-0.2, 0) is 25.2 Å². The van der Waals surface area contributed by atoms with Crippen molar-refractivity contribution in [1.29, 1.82) is 0 Å². The van der Waals surface area contributed by atoms with E-state index >= 15 is 0 Å². The number of hydrogen-bond acceptors (Lipinski definition) is 5. The van der Waals surface area contributed by atoms with E-state index in [0.29, 0.717) is 29.6 Å². The Labute approximate surface area is 230 Å². The highest BCUT2D eigenvalue weighted by molar-refractivity contribution is 5.82. The Morgan fingerprint density at radius 1 is 1.07 bits per heavy atom. The third-order valence-corrected chi connectivity index (χ3v) is 8.58. The van der Waals surface area contributed by atoms with Crippen molar-refractivity contribution in [2.45, 2.75) is 57.7 Å². The Morgan fingerprint density at radius 3 is 2.55 bits per heavy atom. The third-order valence-electron chi connectivity index (χ3n) is 8.58. The molecule has 40 heavy (non-hydrogen) atoms. The molecule has 0 amide bonds. The fraction of sp³-hybridized carbons (Fsp3) is 0.467. The number of hydrogen-bond donors (Lipinski definition) is 0. The first-order chi connectivity index (χ1) is 19.0. The van der Waals surface area contributed by atoms with E-state index in [2.05, 4.69) is 33.9 Å². The van der Waals surface area contributed by atoms with Crippen LogP contribution in [0.1, 0.15) is 62.0 Å². The first-order valence-corrected chi connectivity index (χ1v) is 13.8. The molecule has 2 aliphatic rings. The molecule has 4 aromatic rings. The van der Waals surface area contributed by atoms with Crippen molar-refractivity contribution in [3.63, 3.8) is 0 Å². The summed E-state index contributed by atoms with van der Waals surface area (Å²) in [6, 6.07) is 10.4. The Bertz CT molecular complexity index is 1620. The molecule has 2 aromatic heterocycles. The van der Waals surface area contributed by atoms with Crippen molar-refractivity contribution in [2.75, 3.05) is 13.1 Å². The van der Waals surface area contributed by atoms with Gasteiger partial charge in [-0.25, -0.2) is 4.98 Å². The molecule has 1 saturated carbocycles. The quantitative estimate of drug-likeness (QED) is 0.329. The zero-order valence-electron chi connectivity index (χ0n) is 22.9. The Morgan fingerprint density at radius 2 is 1.88 bits per heavy atom. The number of aryl methyl sites for hydroxylation is 1. The van der Waals surface area contributed by atoms with E-state index in [1.165, 1.54) is 10.9 Å². The first kappa shape index (κ1) is 26.7. The maximum atomic E-state index is 14.1. The molecule has 1 aliphatic heterocycles. The Balaban J connectivity index is 1.45. The number of likely N-dealkylation sites (tertiary alicyclic amines) is 1. The molecule has 0 radical (unpaired) electrons. The molecule has 210 valence electrons. The summed E-state index contributed by atoms with van der Waals surface area (Å²) < 4.78 is 45.7. The van der Waals surface area contributed by atoms with Gasteiger partial charge >= 0.3 is 6.18 Å². The van der Waals surface area contributed by atoms with Gasteiger partial charge in [-0.2, -0.15) is 13.2 Å². The number of alkyl halides is 3. The molecule has 2 aromatic carbocycles. The standard InChI is InChI=1S/C30H33F3N6O/c1-19-6-5-9-38(15-19)16-21-10-24-26(25(11-21)30(31,32)33)34-17-39(27(24)40)23-8-4-7-22(12-23)29(13-20(2)14-29)28-36-35-18-37(28)3/h4,7-8,10-12,17-20H,5-6,9,13-16H2,1-3H3/t19-,20?,29?/m0/s1. The van der Waals surface area contributed by atoms with Gasteiger partial charge < -0.3 is 4.57 Å². The molecule has 1 aliphatic carbocycles. The molecular weight excluding hydrogens is 517 g/mol. The molecule has 2 fully saturated rings. The average Bonchev–Trinajstić information content (AvgIpc) is 3.32. The van der Waals surface area contributed by atoms with Crippen molar-refractivity contribution < 1.29 is 13.2 Å². The van der Waals surface area contributed by atoms with Gasteiger partial charge in [0.05, 0.1) is 27.6 Å². The van der Waals surface area contributed by atoms with Gasteiger partial charge in [0.15, 0.2) is 0 Å². The second-order valence-electron chi connectivity index (χ2n) is 11.9. The van der Waals surface area contributed by atoms with E-state index in [0.717, 1.165) is 56.2 Å². The molecule has 7 nitrogen and oxygen atoms in total. The minimum atomic E-state index is -4.63. The lowest BCUT2D eigenvalue weighted by Gasteiger charge is -2.46. The molecule has 0 N–H and O–H groups in total. The smallest absolute Gasteiger partial charge is 0.320 e. The summed E-state index contributed by atoms with van der Waals surface area (Å²) in [7, 11) is 1.92. The summed E-state index contributed by atoms with van der Waals surface area (Å²) in [5.41, 5.74) is -0.00880. The van der Waals surface area contributed by atoms with E-state index in [4.69, 9.17) is 0 Å². The number of rotatable bonds is 5. The highest BCUT2D eigenvalue weighted by Gasteiger charge is 2.48. The normalized spacial score (nSPS) is 23.9. The first-order valence-electron chi connectivity index (χ1n) is 13.8. The van der Waals surface area contributed by atoms with Crippen LogP contribution in [0.3, 0.4) is 0 Å². The molecule has 0 unspecified atom stereocenters. The topological polar surface area (TPSA) is 68.8 Å². The van der Waals surface area contributed by atoms with Gasteiger partial charge in [-0.05, 0) is 79.5 Å². The van der Waals surface area contributed by atoms with Crippen LogP contribution in [0.2, 0.25) is 0 Å². The minimum Gasteiger partial charge on any atom is -0.320 e. The van der Waals surface area contributed by atoms with Crippen LogP contribution in [-0.4, -0.2) is 42.3 Å². The molecule has 0 bridgehead atoms. The largest absolute Gasteiger partial charge is 0.418 e. The number of fused-ring (bicyclic) bond motifs is 1. The van der Waals surface area contributed by atoms with Crippen LogP contribution in [0.4, 0.5) is 13.2 Å². The molecular formula is C30H33F3N6O. The van der Waals surface area contributed by atoms with Gasteiger partial charge in [0.25, 0.3) is 5.56 Å². The van der Waals surface area contributed by atoms with Crippen molar-refractivity contribution in [1.82, 2.24) is 29.2 Å². The monoisotopic (exact) mass is 550 g/mol. The van der Waals surface area contributed by atoms with E-state index in [1.54, 1.807) is 18.5 Å². The molecule has 10 heteroatoms. The SMILES string of the molecule is CC1CC(c2cccc(-n3cnc4c(C(F)(F)F)cc(CN5CCC[C@H](C)C5)cc4c3=O)c2)(c2nncn2C)C1. The van der Waals surface area contributed by atoms with Crippen LogP contribution in [0.25, 0.3) is 16.6 Å². The third kappa shape index (κ3) is 4.62. The predicted molar refractivity (Wildman–Crippen MR) is 146 cm³/mol. The summed E-state index contributed by atoms with van der Waals surface area (Å²) in [5.74, 6) is 1.86. The van der Waals surface area contributed by atoms with E-state index in [9.17, 15) is 18.0 Å². The van der Waals surface area contributed by atoms with Gasteiger partial charge in [-0.3, -0.25) is 14.3 Å². The van der Waals surface area contributed by atoms with Crippen molar-refractivity contribution >= 4 is 10.9 Å². The highest BCUT2D eigenvalue weighted by Crippen LogP contribution is 2.51. The lowest BCUT2D eigenvalue weighted by molar-refractivity contribution is -0.136. The van der Waals surface area contributed by atoms with Crippen LogP contribution in [0.5, 0.6) is 0 Å². The zero-order chi connectivity index (χ0) is 28.2. The summed E-state index contributed by atoms with van der Waals surface area (Å²) >= 11 is 0. The van der Waals surface area contributed by atoms with Gasteiger partial charge in [0.2, 0.25) is 0 Å². The number of aromatic nitrogens is 5. The number of halogens is 3. The Hall–Kier alpha value is -3.53. The number of piperidine rings is 1. The summed E-state index contributed by atoms with van der Waals surface area (Å²) in [6.45, 7) is 6.38. The van der Waals surface area contributed by atoms with Crippen molar-refractivity contribution in [3.8, 4) is 5.69 Å². The summed E-state index contributed by atoms with van der Waals surface area (Å²) in [6.07, 6.45) is 2.18. The van der Waals surface area contributed by atoms with Crippen molar-refractivity contribution in [3.05, 3.63) is 81.9 Å². The van der Waals surface area contributed by atoms with Crippen LogP contribution >= 0.6 is 0 Å². The number of nitrogens with zero attached hydrogens (tertiary/aromatic N) is 6. The van der Waals surface area contributed by atoms with Gasteiger partial charge in [0, 0.05) is 20.1 Å². The average molecular weight is 551 g/mol. The van der Waals surface area contributed by atoms with E-state index in [1.807, 2.05) is 29.8 Å². The fourth-order valence-electron chi connectivity index (χ4n) is 6.82. The molecule has 6 rings (SSSR count). The van der Waals surface area contributed by atoms with Crippen LogP contribution < -0.4 is 5.56 Å². The minimum absolute atomic E-state index is 0.0249. The Kier molecular flexibility index (Phi) is 6.56. The summed E-state index contributed by atoms with van der Waals surface area (Å²) in [5, 5.41) is 8.46. The fourth-order valence-corrected chi connectivity index (χ4v) is 6.82. The molecule has 1 atom stereocenters. The van der Waals surface area contributed by atoms with E-state index < -0.39 is 17.3 Å². The summed E-state index contributed by atoms with van der Waals surface area (Å²) in [4.78, 5) is 20.2. The van der Waals surface area contributed by atoms with Gasteiger partial charge in [0.1, 0.15) is 18.5 Å². The maximum Gasteiger partial charge on any atom is 0.418 e. The maximum absolute atomic E-state index is 14.1. The van der Waals surface area contributed by atoms with Crippen molar-refractivity contribution in [2.24, 2.45) is 18.9 Å². The molecule has 0 spiro atoms. The molecule has 3 heterocycles. The lowest BCUT2D eigenvalue weighted by Crippen LogP contribution is -2.43. The second kappa shape index (κ2) is 9.83. The second-order valence-corrected chi connectivity index (χ2v) is 11.9. The predicted octanol–water partition coefficient (Wildman–Crippen LogP) is 5.48. The molecule has 1 saturated heterocycles. The zero-order valence-corrected chi connectivity index (χ0v) is 22.9. The van der Waals surface area contributed by atoms with Gasteiger partial charge in [-0.15, -0.1) is 10.2 Å². The van der Waals surface area contributed by atoms with Crippen LogP contribution in [0.15, 0.2) is 53.8 Å². The lowest BCUT2D eigenvalue weighted by atomic mass is 9.58. The van der Waals surface area contributed by atoms with Crippen LogP contribution in [0, 0.1) is 11.8 Å².